The number of carbonyl (C=O) groups is 3. The molecule has 0 aliphatic heterocycles. The molecule has 0 saturated heterocycles. The van der Waals surface area contributed by atoms with E-state index in [-0.39, 0.29) is 41.3 Å². The van der Waals surface area contributed by atoms with E-state index in [1.807, 2.05) is 0 Å². The summed E-state index contributed by atoms with van der Waals surface area (Å²) in [7, 11) is -0.792. The zero-order valence-corrected chi connectivity index (χ0v) is 51.0. The number of hydrogen-bond acceptors (Lipinski definition) is 7. The third-order valence-electron chi connectivity index (χ3n) is 15.7. The third-order valence-corrected chi connectivity index (χ3v) is 20.7. The van der Waals surface area contributed by atoms with Gasteiger partial charge >= 0.3 is 11.9 Å². The lowest BCUT2D eigenvalue weighted by atomic mass is 9.93. The van der Waals surface area contributed by atoms with Crippen molar-refractivity contribution in [1.82, 2.24) is 10.2 Å². The van der Waals surface area contributed by atoms with Crippen LogP contribution in [0, 0.1) is 11.8 Å². The van der Waals surface area contributed by atoms with Gasteiger partial charge in [0.1, 0.15) is 6.54 Å². The van der Waals surface area contributed by atoms with Gasteiger partial charge in [-0.2, -0.15) is 0 Å². The SMILES string of the molecule is CCCCCCCCC(CCCCCC)C(=O)OCCCCCC(CCCCCOC(=O)CN(C)C(=O)C(CCCCCC)CCCCCCCC)NCCCCO[Si](c1ccccc1)(c1ccccc1)C(C)(C)C. The highest BCUT2D eigenvalue weighted by molar-refractivity contribution is 6.99. The van der Waals surface area contributed by atoms with E-state index in [2.05, 4.69) is 114 Å². The molecule has 430 valence electrons. The quantitative estimate of drug-likeness (QED) is 0.0401. The lowest BCUT2D eigenvalue weighted by Crippen LogP contribution is -2.66. The normalized spacial score (nSPS) is 13.1. The Morgan fingerprint density at radius 3 is 1.33 bits per heavy atom. The van der Waals surface area contributed by atoms with Gasteiger partial charge < -0.3 is 24.1 Å². The smallest absolute Gasteiger partial charge is 0.325 e. The summed E-state index contributed by atoms with van der Waals surface area (Å²) in [5, 5.41) is 6.54. The van der Waals surface area contributed by atoms with Crippen molar-refractivity contribution >= 4 is 36.5 Å². The molecule has 75 heavy (non-hydrogen) atoms. The highest BCUT2D eigenvalue weighted by Gasteiger charge is 2.50. The fourth-order valence-corrected chi connectivity index (χ4v) is 15.7. The minimum absolute atomic E-state index is 0.00525. The number of amides is 1. The van der Waals surface area contributed by atoms with Crippen LogP contribution in [0.1, 0.15) is 267 Å². The monoisotopic (exact) mass is 1060 g/mol. The van der Waals surface area contributed by atoms with Crippen LogP contribution in [0.25, 0.3) is 0 Å². The number of ether oxygens (including phenoxy) is 2. The zero-order valence-electron chi connectivity index (χ0n) is 50.0. The van der Waals surface area contributed by atoms with E-state index in [4.69, 9.17) is 13.9 Å². The van der Waals surface area contributed by atoms with Gasteiger partial charge in [0.25, 0.3) is 8.32 Å². The molecule has 2 aromatic rings. The number of nitrogens with zero attached hydrogens (tertiary/aromatic N) is 1. The highest BCUT2D eigenvalue weighted by Crippen LogP contribution is 2.37. The third kappa shape index (κ3) is 30.1. The number of nitrogens with one attached hydrogen (secondary N) is 1. The first-order valence-electron chi connectivity index (χ1n) is 31.5. The van der Waals surface area contributed by atoms with E-state index in [1.165, 1.54) is 107 Å². The van der Waals surface area contributed by atoms with Crippen LogP contribution in [-0.4, -0.2) is 77.1 Å². The Hall–Kier alpha value is -3.01. The van der Waals surface area contributed by atoms with Gasteiger partial charge in [0, 0.05) is 25.6 Å². The average Bonchev–Trinajstić information content (AvgIpc) is 3.40. The summed E-state index contributed by atoms with van der Waals surface area (Å²) in [6.07, 6.45) is 38.0. The van der Waals surface area contributed by atoms with E-state index < -0.39 is 8.32 Å². The summed E-state index contributed by atoms with van der Waals surface area (Å²) in [5.41, 5.74) is 0. The molecule has 2 aromatic carbocycles. The Bertz CT molecular complexity index is 1630. The number of carbonyl (C=O) groups excluding carboxylic acids is 3. The Morgan fingerprint density at radius 1 is 0.480 bits per heavy atom. The molecule has 1 amide bonds. The topological polar surface area (TPSA) is 94.2 Å². The molecule has 3 atom stereocenters. The fourth-order valence-electron chi connectivity index (χ4n) is 11.1. The van der Waals surface area contributed by atoms with Crippen molar-refractivity contribution in [2.45, 2.75) is 278 Å². The Labute approximate surface area is 463 Å². The maximum absolute atomic E-state index is 13.6. The molecule has 0 fully saturated rings. The van der Waals surface area contributed by atoms with E-state index in [0.29, 0.717) is 19.3 Å². The van der Waals surface area contributed by atoms with Gasteiger partial charge in [-0.3, -0.25) is 14.4 Å². The molecule has 0 aromatic heterocycles. The molecule has 0 spiro atoms. The zero-order chi connectivity index (χ0) is 54.7. The number of likely N-dealkylation sites (N-methyl/N-ethyl adjacent to an activating group) is 1. The van der Waals surface area contributed by atoms with Gasteiger partial charge in [-0.25, -0.2) is 0 Å². The first-order valence-corrected chi connectivity index (χ1v) is 33.4. The van der Waals surface area contributed by atoms with Gasteiger partial charge in [0.15, 0.2) is 0 Å². The summed E-state index contributed by atoms with van der Waals surface area (Å²) in [6, 6.07) is 22.2. The summed E-state index contributed by atoms with van der Waals surface area (Å²) in [5.74, 6) is -0.129. The Kier molecular flexibility index (Phi) is 39.9. The maximum Gasteiger partial charge on any atom is 0.325 e. The molecular weight excluding hydrogens is 945 g/mol. The van der Waals surface area contributed by atoms with Crippen LogP contribution in [0.15, 0.2) is 60.7 Å². The summed E-state index contributed by atoms with van der Waals surface area (Å²) in [6.45, 7) is 18.6. The number of unbranched alkanes of at least 4 members (excludes halogenated alkanes) is 21. The van der Waals surface area contributed by atoms with Crippen LogP contribution in [-0.2, 0) is 28.3 Å². The standard InChI is InChI=1S/C66H116N2O6Si/c1-9-13-17-21-23-31-44-58(43-29-19-15-11-3)64(70)68(8)57-63(69)72-54-40-27-33-47-60(48-34-28-41-55-73-65(71)59(45-30-20-16-12-4)46-32-24-22-18-14-10-2)67-53-39-42-56-74-75(66(5,6)7,61-49-35-25-36-50-61)62-51-37-26-38-52-62/h25-26,35-38,49-52,58-60,67H,9-24,27-34,39-48,53-57H2,1-8H3. The van der Waals surface area contributed by atoms with Gasteiger partial charge in [0.2, 0.25) is 5.91 Å². The number of hydrogen-bond donors (Lipinski definition) is 1. The second-order valence-electron chi connectivity index (χ2n) is 23.4. The van der Waals surface area contributed by atoms with Crippen LogP contribution in [0.3, 0.4) is 0 Å². The molecule has 0 radical (unpaired) electrons. The molecule has 0 aliphatic rings. The molecule has 3 unspecified atom stereocenters. The molecule has 0 bridgehead atoms. The first-order chi connectivity index (χ1) is 36.4. The van der Waals surface area contributed by atoms with Gasteiger partial charge in [0.05, 0.1) is 19.1 Å². The number of benzene rings is 2. The van der Waals surface area contributed by atoms with Crippen molar-refractivity contribution in [3.63, 3.8) is 0 Å². The molecule has 0 heterocycles. The van der Waals surface area contributed by atoms with E-state index >= 15 is 0 Å². The van der Waals surface area contributed by atoms with Crippen molar-refractivity contribution in [2.75, 3.05) is 40.0 Å². The van der Waals surface area contributed by atoms with Crippen LogP contribution in [0.5, 0.6) is 0 Å². The molecular formula is C66H116N2O6Si. The minimum atomic E-state index is -2.57. The van der Waals surface area contributed by atoms with Gasteiger partial charge in [-0.05, 0) is 86.2 Å². The predicted octanol–water partition coefficient (Wildman–Crippen LogP) is 16.6. The Balaban J connectivity index is 1.94. The number of esters is 2. The largest absolute Gasteiger partial charge is 0.465 e. The minimum Gasteiger partial charge on any atom is -0.465 e. The summed E-state index contributed by atoms with van der Waals surface area (Å²) >= 11 is 0. The maximum atomic E-state index is 13.6. The van der Waals surface area contributed by atoms with Gasteiger partial charge in [-0.15, -0.1) is 0 Å². The van der Waals surface area contributed by atoms with Gasteiger partial charge in [-0.1, -0.05) is 263 Å². The van der Waals surface area contributed by atoms with Crippen molar-refractivity contribution in [3.05, 3.63) is 60.7 Å². The predicted molar refractivity (Wildman–Crippen MR) is 322 cm³/mol. The van der Waals surface area contributed by atoms with Crippen molar-refractivity contribution in [1.29, 1.82) is 0 Å². The molecule has 9 heteroatoms. The molecule has 0 saturated carbocycles. The average molecular weight is 1060 g/mol. The second-order valence-corrected chi connectivity index (χ2v) is 27.7. The summed E-state index contributed by atoms with van der Waals surface area (Å²) < 4.78 is 18.9. The van der Waals surface area contributed by atoms with Crippen molar-refractivity contribution < 1.29 is 28.3 Å². The fraction of sp³-hybridized carbons (Fsp3) is 0.773. The summed E-state index contributed by atoms with van der Waals surface area (Å²) in [4.78, 5) is 41.5. The number of rotatable bonds is 49. The highest BCUT2D eigenvalue weighted by atomic mass is 28.4. The molecule has 0 aliphatic carbocycles. The second kappa shape index (κ2) is 43.9. The first kappa shape index (κ1) is 68.1. The van der Waals surface area contributed by atoms with E-state index in [0.717, 1.165) is 135 Å². The van der Waals surface area contributed by atoms with Crippen molar-refractivity contribution in [2.24, 2.45) is 11.8 Å². The molecule has 8 nitrogen and oxygen atoms in total. The molecule has 2 rings (SSSR count). The lowest BCUT2D eigenvalue weighted by Gasteiger charge is -2.43. The van der Waals surface area contributed by atoms with Crippen LogP contribution < -0.4 is 15.7 Å². The Morgan fingerprint density at radius 2 is 0.867 bits per heavy atom. The van der Waals surface area contributed by atoms with Crippen LogP contribution in [0.4, 0.5) is 0 Å². The molecule has 1 N–H and O–H groups in total. The van der Waals surface area contributed by atoms with Crippen molar-refractivity contribution in [3.8, 4) is 0 Å². The van der Waals surface area contributed by atoms with E-state index in [9.17, 15) is 14.4 Å². The van der Waals surface area contributed by atoms with Crippen LogP contribution >= 0.6 is 0 Å². The lowest BCUT2D eigenvalue weighted by molar-refractivity contribution is -0.150. The van der Waals surface area contributed by atoms with Crippen LogP contribution in [0.2, 0.25) is 5.04 Å². The van der Waals surface area contributed by atoms with E-state index in [1.54, 1.807) is 11.9 Å².